The Morgan fingerprint density at radius 1 is 1.17 bits per heavy atom. The Bertz CT molecular complexity index is 366. The first-order chi connectivity index (χ1) is 8.60. The zero-order chi connectivity index (χ0) is 13.5. The third kappa shape index (κ3) is 4.05. The number of nitrogens with one attached hydrogen (secondary N) is 1. The van der Waals surface area contributed by atoms with Crippen LogP contribution >= 0.6 is 0 Å². The molecule has 0 aliphatic heterocycles. The van der Waals surface area contributed by atoms with E-state index in [0.29, 0.717) is 5.92 Å². The van der Waals surface area contributed by atoms with Crippen LogP contribution in [0.15, 0.2) is 18.2 Å². The second-order valence-electron chi connectivity index (χ2n) is 4.83. The normalized spacial score (nSPS) is 14.5. The second-order valence-corrected chi connectivity index (χ2v) is 4.83. The molecular formula is C15H23F2N. The number of benzene rings is 1. The molecule has 0 aromatic heterocycles. The molecule has 0 saturated carbocycles. The first-order valence-corrected chi connectivity index (χ1v) is 6.78. The van der Waals surface area contributed by atoms with Gasteiger partial charge in [0.25, 0.3) is 0 Å². The Kier molecular flexibility index (Phi) is 6.27. The van der Waals surface area contributed by atoms with E-state index in [9.17, 15) is 8.78 Å². The minimum atomic E-state index is -0.782. The number of unbranched alkanes of at least 4 members (excludes halogenated alkanes) is 1. The maximum absolute atomic E-state index is 13.3. The van der Waals surface area contributed by atoms with Gasteiger partial charge in [0, 0.05) is 6.04 Å². The summed E-state index contributed by atoms with van der Waals surface area (Å²) in [6.07, 6.45) is 3.40. The molecule has 0 bridgehead atoms. The van der Waals surface area contributed by atoms with E-state index in [-0.39, 0.29) is 6.04 Å². The predicted octanol–water partition coefficient (Wildman–Crippen LogP) is 4.44. The van der Waals surface area contributed by atoms with Crippen LogP contribution in [0, 0.1) is 17.6 Å². The van der Waals surface area contributed by atoms with Gasteiger partial charge < -0.3 is 5.32 Å². The highest BCUT2D eigenvalue weighted by atomic mass is 19.2. The molecule has 0 heterocycles. The van der Waals surface area contributed by atoms with Crippen molar-refractivity contribution in [3.8, 4) is 0 Å². The van der Waals surface area contributed by atoms with Crippen molar-refractivity contribution in [3.63, 3.8) is 0 Å². The molecule has 102 valence electrons. The van der Waals surface area contributed by atoms with Gasteiger partial charge in [-0.3, -0.25) is 0 Å². The van der Waals surface area contributed by atoms with Gasteiger partial charge in [-0.2, -0.15) is 0 Å². The lowest BCUT2D eigenvalue weighted by Gasteiger charge is -2.25. The van der Waals surface area contributed by atoms with E-state index in [0.717, 1.165) is 31.4 Å². The van der Waals surface area contributed by atoms with Crippen molar-refractivity contribution in [1.82, 2.24) is 5.32 Å². The molecule has 1 rings (SSSR count). The summed E-state index contributed by atoms with van der Waals surface area (Å²) in [5, 5.41) is 3.37. The van der Waals surface area contributed by atoms with Crippen LogP contribution in [0.4, 0.5) is 8.78 Å². The van der Waals surface area contributed by atoms with Crippen molar-refractivity contribution in [3.05, 3.63) is 35.4 Å². The van der Waals surface area contributed by atoms with E-state index in [1.165, 1.54) is 12.1 Å². The highest BCUT2D eigenvalue weighted by molar-refractivity contribution is 5.22. The summed E-state index contributed by atoms with van der Waals surface area (Å²) >= 11 is 0. The van der Waals surface area contributed by atoms with Gasteiger partial charge in [-0.25, -0.2) is 8.78 Å². The van der Waals surface area contributed by atoms with Gasteiger partial charge in [0.15, 0.2) is 11.6 Å². The molecule has 1 N–H and O–H groups in total. The van der Waals surface area contributed by atoms with Crippen LogP contribution in [0.3, 0.4) is 0 Å². The lowest BCUT2D eigenvalue weighted by Crippen LogP contribution is -2.27. The average molecular weight is 255 g/mol. The van der Waals surface area contributed by atoms with Crippen molar-refractivity contribution in [2.24, 2.45) is 5.92 Å². The van der Waals surface area contributed by atoms with E-state index in [1.807, 2.05) is 6.92 Å². The van der Waals surface area contributed by atoms with E-state index >= 15 is 0 Å². The SMILES string of the molecule is CCCCC(C)C(NCC)c1ccc(F)c(F)c1. The number of halogens is 2. The third-order valence-corrected chi connectivity index (χ3v) is 3.31. The molecule has 0 radical (unpaired) electrons. The van der Waals surface area contributed by atoms with E-state index < -0.39 is 11.6 Å². The molecule has 18 heavy (non-hydrogen) atoms. The van der Waals surface area contributed by atoms with Crippen molar-refractivity contribution < 1.29 is 8.78 Å². The summed E-state index contributed by atoms with van der Waals surface area (Å²) in [6, 6.07) is 4.29. The Balaban J connectivity index is 2.85. The molecule has 1 aromatic carbocycles. The van der Waals surface area contributed by atoms with Gasteiger partial charge in [-0.1, -0.05) is 39.7 Å². The Morgan fingerprint density at radius 3 is 2.44 bits per heavy atom. The van der Waals surface area contributed by atoms with Crippen LogP contribution in [0.25, 0.3) is 0 Å². The van der Waals surface area contributed by atoms with Crippen LogP contribution in [0.1, 0.15) is 51.6 Å². The topological polar surface area (TPSA) is 12.0 Å². The molecule has 0 aliphatic carbocycles. The third-order valence-electron chi connectivity index (χ3n) is 3.31. The van der Waals surface area contributed by atoms with Gasteiger partial charge >= 0.3 is 0 Å². The molecule has 3 heteroatoms. The number of hydrogen-bond acceptors (Lipinski definition) is 1. The minimum Gasteiger partial charge on any atom is -0.310 e. The summed E-state index contributed by atoms with van der Waals surface area (Å²) < 4.78 is 26.2. The largest absolute Gasteiger partial charge is 0.310 e. The van der Waals surface area contributed by atoms with Gasteiger partial charge in [0.2, 0.25) is 0 Å². The van der Waals surface area contributed by atoms with Crippen LogP contribution in [-0.4, -0.2) is 6.54 Å². The Labute approximate surface area is 109 Å². The fourth-order valence-electron chi connectivity index (χ4n) is 2.27. The van der Waals surface area contributed by atoms with Gasteiger partial charge in [-0.15, -0.1) is 0 Å². The predicted molar refractivity (Wildman–Crippen MR) is 71.5 cm³/mol. The molecule has 2 atom stereocenters. The Hall–Kier alpha value is -0.960. The quantitative estimate of drug-likeness (QED) is 0.759. The van der Waals surface area contributed by atoms with E-state index in [2.05, 4.69) is 19.2 Å². The molecule has 0 fully saturated rings. The fourth-order valence-corrected chi connectivity index (χ4v) is 2.27. The first kappa shape index (κ1) is 15.1. The van der Waals surface area contributed by atoms with Crippen molar-refractivity contribution in [1.29, 1.82) is 0 Å². The summed E-state index contributed by atoms with van der Waals surface area (Å²) in [5.74, 6) is -1.14. The highest BCUT2D eigenvalue weighted by Gasteiger charge is 2.19. The molecule has 1 aromatic rings. The molecule has 2 unspecified atom stereocenters. The minimum absolute atomic E-state index is 0.0941. The highest BCUT2D eigenvalue weighted by Crippen LogP contribution is 2.27. The van der Waals surface area contributed by atoms with E-state index in [4.69, 9.17) is 0 Å². The zero-order valence-corrected chi connectivity index (χ0v) is 11.5. The lowest BCUT2D eigenvalue weighted by molar-refractivity contribution is 0.361. The van der Waals surface area contributed by atoms with Crippen molar-refractivity contribution in [2.75, 3.05) is 6.54 Å². The van der Waals surface area contributed by atoms with Gasteiger partial charge in [-0.05, 0) is 36.6 Å². The van der Waals surface area contributed by atoms with Crippen molar-refractivity contribution >= 4 is 0 Å². The Morgan fingerprint density at radius 2 is 1.89 bits per heavy atom. The van der Waals surface area contributed by atoms with Crippen LogP contribution in [0.2, 0.25) is 0 Å². The number of rotatable bonds is 7. The molecule has 0 saturated heterocycles. The lowest BCUT2D eigenvalue weighted by atomic mass is 9.90. The van der Waals surface area contributed by atoms with Crippen LogP contribution < -0.4 is 5.32 Å². The second kappa shape index (κ2) is 7.47. The smallest absolute Gasteiger partial charge is 0.159 e. The fraction of sp³-hybridized carbons (Fsp3) is 0.600. The number of hydrogen-bond donors (Lipinski definition) is 1. The summed E-state index contributed by atoms with van der Waals surface area (Å²) in [7, 11) is 0. The molecular weight excluding hydrogens is 232 g/mol. The standard InChI is InChI=1S/C15H23F2N/c1-4-6-7-11(3)15(18-5-2)12-8-9-13(16)14(17)10-12/h8-11,15,18H,4-7H2,1-3H3. The molecule has 0 aliphatic rings. The molecule has 0 spiro atoms. The maximum atomic E-state index is 13.3. The summed E-state index contributed by atoms with van der Waals surface area (Å²) in [5.41, 5.74) is 0.833. The first-order valence-electron chi connectivity index (χ1n) is 6.78. The van der Waals surface area contributed by atoms with Crippen molar-refractivity contribution in [2.45, 2.75) is 46.1 Å². The summed E-state index contributed by atoms with van der Waals surface area (Å²) in [6.45, 7) is 7.16. The monoisotopic (exact) mass is 255 g/mol. The molecule has 1 nitrogen and oxygen atoms in total. The zero-order valence-electron chi connectivity index (χ0n) is 11.5. The van der Waals surface area contributed by atoms with Gasteiger partial charge in [0.1, 0.15) is 0 Å². The van der Waals surface area contributed by atoms with Crippen LogP contribution in [-0.2, 0) is 0 Å². The average Bonchev–Trinajstić information content (AvgIpc) is 2.36. The molecule has 0 amide bonds. The van der Waals surface area contributed by atoms with E-state index in [1.54, 1.807) is 6.07 Å². The van der Waals surface area contributed by atoms with Crippen LogP contribution in [0.5, 0.6) is 0 Å². The maximum Gasteiger partial charge on any atom is 0.159 e. The van der Waals surface area contributed by atoms with Gasteiger partial charge in [0.05, 0.1) is 0 Å². The summed E-state index contributed by atoms with van der Waals surface area (Å²) in [4.78, 5) is 0.